The van der Waals surface area contributed by atoms with Crippen LogP contribution in [0.4, 0.5) is 0 Å². The number of hydrogen-bond acceptors (Lipinski definition) is 5. The van der Waals surface area contributed by atoms with Crippen LogP contribution in [0.15, 0.2) is 55.1 Å². The number of rotatable bonds is 4. The van der Waals surface area contributed by atoms with Gasteiger partial charge in [0.1, 0.15) is 17.6 Å². The van der Waals surface area contributed by atoms with Crippen LogP contribution >= 0.6 is 24.8 Å². The fraction of sp³-hybridized carbons (Fsp3) is 0.286. The van der Waals surface area contributed by atoms with Crippen molar-refractivity contribution in [2.45, 2.75) is 6.04 Å². The van der Waals surface area contributed by atoms with Crippen molar-refractivity contribution in [3.05, 3.63) is 66.5 Å². The molecule has 30 heavy (non-hydrogen) atoms. The number of piperazine rings is 1. The molecule has 0 saturated carbocycles. The van der Waals surface area contributed by atoms with Gasteiger partial charge in [-0.15, -0.1) is 24.8 Å². The maximum absolute atomic E-state index is 13.3. The lowest BCUT2D eigenvalue weighted by Crippen LogP contribution is -2.49. The van der Waals surface area contributed by atoms with E-state index in [2.05, 4.69) is 15.3 Å². The van der Waals surface area contributed by atoms with E-state index in [4.69, 9.17) is 4.74 Å². The summed E-state index contributed by atoms with van der Waals surface area (Å²) in [6, 6.07) is 9.52. The topological polar surface area (TPSA) is 72.3 Å². The third-order valence-electron chi connectivity index (χ3n) is 5.07. The van der Waals surface area contributed by atoms with Gasteiger partial charge >= 0.3 is 0 Å². The van der Waals surface area contributed by atoms with Gasteiger partial charge in [0.2, 0.25) is 0 Å². The highest BCUT2D eigenvalue weighted by Crippen LogP contribution is 2.26. The van der Waals surface area contributed by atoms with E-state index in [0.717, 1.165) is 29.2 Å². The van der Waals surface area contributed by atoms with Crippen LogP contribution < -0.4 is 10.1 Å². The molecule has 0 aliphatic carbocycles. The fourth-order valence-corrected chi connectivity index (χ4v) is 3.54. The van der Waals surface area contributed by atoms with Gasteiger partial charge in [0.15, 0.2) is 0 Å². The third kappa shape index (κ3) is 4.75. The standard InChI is InChI=1S/C21H23N5O2.2ClH/c1-25-9-8-24-20(25)19-14-22-7-10-26(19)21(27)17-11-16(12-23-13-17)15-3-5-18(28-2)6-4-15;;/h3-6,8-9,11-13,19,22H,7,10,14H2,1-2H3;2*1H. The van der Waals surface area contributed by atoms with Crippen molar-refractivity contribution in [3.63, 3.8) is 0 Å². The molecule has 1 saturated heterocycles. The van der Waals surface area contributed by atoms with E-state index in [1.165, 1.54) is 0 Å². The van der Waals surface area contributed by atoms with Crippen LogP contribution in [0.5, 0.6) is 5.75 Å². The van der Waals surface area contributed by atoms with Gasteiger partial charge in [-0.1, -0.05) is 12.1 Å². The molecule has 1 aromatic carbocycles. The van der Waals surface area contributed by atoms with Crippen molar-refractivity contribution >= 4 is 30.7 Å². The van der Waals surface area contributed by atoms with Crippen molar-refractivity contribution in [2.75, 3.05) is 26.7 Å². The van der Waals surface area contributed by atoms with Gasteiger partial charge in [0, 0.05) is 57.0 Å². The molecule has 9 heteroatoms. The summed E-state index contributed by atoms with van der Waals surface area (Å²) in [6.07, 6.45) is 7.07. The predicted octanol–water partition coefficient (Wildman–Crippen LogP) is 3.12. The molecule has 1 unspecified atom stereocenters. The van der Waals surface area contributed by atoms with Crippen LogP contribution in [-0.2, 0) is 7.05 Å². The van der Waals surface area contributed by atoms with Gasteiger partial charge in [0.05, 0.1) is 12.7 Å². The number of hydrogen-bond donors (Lipinski definition) is 1. The number of methoxy groups -OCH3 is 1. The average Bonchev–Trinajstić information content (AvgIpc) is 3.19. The molecule has 3 heterocycles. The van der Waals surface area contributed by atoms with E-state index in [9.17, 15) is 4.79 Å². The van der Waals surface area contributed by atoms with Crippen LogP contribution in [0.3, 0.4) is 0 Å². The second-order valence-corrected chi connectivity index (χ2v) is 6.81. The van der Waals surface area contributed by atoms with Gasteiger partial charge < -0.3 is 19.5 Å². The molecule has 3 aromatic rings. The highest BCUT2D eigenvalue weighted by Gasteiger charge is 2.31. The van der Waals surface area contributed by atoms with E-state index in [0.29, 0.717) is 18.7 Å². The summed E-state index contributed by atoms with van der Waals surface area (Å²) in [5.41, 5.74) is 2.47. The first-order valence-electron chi connectivity index (χ1n) is 9.26. The molecule has 1 fully saturated rings. The lowest BCUT2D eigenvalue weighted by molar-refractivity contribution is 0.0620. The number of pyridine rings is 1. The Morgan fingerprint density at radius 3 is 2.60 bits per heavy atom. The molecule has 2 aromatic heterocycles. The zero-order chi connectivity index (χ0) is 19.5. The van der Waals surface area contributed by atoms with Crippen molar-refractivity contribution in [1.82, 2.24) is 24.8 Å². The summed E-state index contributed by atoms with van der Waals surface area (Å²) < 4.78 is 7.18. The molecular formula is C21H25Cl2N5O2. The quantitative estimate of drug-likeness (QED) is 0.662. The van der Waals surface area contributed by atoms with E-state index in [-0.39, 0.29) is 36.8 Å². The minimum atomic E-state index is -0.106. The number of benzene rings is 1. The lowest BCUT2D eigenvalue weighted by atomic mass is 10.0. The number of amides is 1. The summed E-state index contributed by atoms with van der Waals surface area (Å²) >= 11 is 0. The molecule has 7 nitrogen and oxygen atoms in total. The van der Waals surface area contributed by atoms with Gasteiger partial charge in [-0.05, 0) is 23.8 Å². The van der Waals surface area contributed by atoms with Crippen molar-refractivity contribution in [1.29, 1.82) is 0 Å². The van der Waals surface area contributed by atoms with E-state index in [1.54, 1.807) is 25.7 Å². The monoisotopic (exact) mass is 449 g/mol. The molecule has 1 atom stereocenters. The SMILES string of the molecule is COc1ccc(-c2cncc(C(=O)N3CCNCC3c3nccn3C)c2)cc1.Cl.Cl. The van der Waals surface area contributed by atoms with Crippen molar-refractivity contribution in [2.24, 2.45) is 7.05 Å². The zero-order valence-electron chi connectivity index (χ0n) is 16.8. The molecule has 0 bridgehead atoms. The number of carbonyl (C=O) groups is 1. The number of nitrogens with zero attached hydrogens (tertiary/aromatic N) is 4. The Bertz CT molecular complexity index is 978. The minimum Gasteiger partial charge on any atom is -0.497 e. The Morgan fingerprint density at radius 1 is 1.17 bits per heavy atom. The van der Waals surface area contributed by atoms with Crippen molar-refractivity contribution < 1.29 is 9.53 Å². The predicted molar refractivity (Wildman–Crippen MR) is 121 cm³/mol. The van der Waals surface area contributed by atoms with E-state index >= 15 is 0 Å². The number of aryl methyl sites for hydroxylation is 1. The highest BCUT2D eigenvalue weighted by atomic mass is 35.5. The molecule has 0 radical (unpaired) electrons. The maximum Gasteiger partial charge on any atom is 0.256 e. The second kappa shape index (κ2) is 10.4. The summed E-state index contributed by atoms with van der Waals surface area (Å²) in [4.78, 5) is 23.9. The molecular weight excluding hydrogens is 425 g/mol. The molecule has 1 aliphatic rings. The van der Waals surface area contributed by atoms with Crippen LogP contribution in [0.1, 0.15) is 22.2 Å². The highest BCUT2D eigenvalue weighted by molar-refractivity contribution is 5.95. The minimum absolute atomic E-state index is 0. The Hall–Kier alpha value is -2.61. The Morgan fingerprint density at radius 2 is 1.93 bits per heavy atom. The number of aromatic nitrogens is 3. The van der Waals surface area contributed by atoms with Crippen LogP contribution in [0.2, 0.25) is 0 Å². The molecule has 1 aliphatic heterocycles. The van der Waals surface area contributed by atoms with E-state index < -0.39 is 0 Å². The molecule has 160 valence electrons. The Kier molecular flexibility index (Phi) is 8.23. The summed E-state index contributed by atoms with van der Waals surface area (Å²) in [7, 11) is 3.59. The van der Waals surface area contributed by atoms with Crippen LogP contribution in [0, 0.1) is 0 Å². The normalized spacial score (nSPS) is 15.7. The molecule has 4 rings (SSSR count). The average molecular weight is 450 g/mol. The smallest absolute Gasteiger partial charge is 0.256 e. The number of halogens is 2. The summed E-state index contributed by atoms with van der Waals surface area (Å²) in [5, 5.41) is 3.36. The van der Waals surface area contributed by atoms with Gasteiger partial charge in [-0.25, -0.2) is 4.98 Å². The fourth-order valence-electron chi connectivity index (χ4n) is 3.54. The summed E-state index contributed by atoms with van der Waals surface area (Å²) in [6.45, 7) is 2.07. The number of carbonyl (C=O) groups excluding carboxylic acids is 1. The Balaban J connectivity index is 0.00000160. The van der Waals surface area contributed by atoms with Crippen molar-refractivity contribution in [3.8, 4) is 16.9 Å². The molecule has 1 N–H and O–H groups in total. The lowest BCUT2D eigenvalue weighted by Gasteiger charge is -2.35. The number of imidazole rings is 1. The first kappa shape index (κ1) is 23.7. The summed E-state index contributed by atoms with van der Waals surface area (Å²) in [5.74, 6) is 1.64. The Labute approximate surface area is 188 Å². The van der Waals surface area contributed by atoms with Gasteiger partial charge in [0.25, 0.3) is 5.91 Å². The molecule has 1 amide bonds. The first-order chi connectivity index (χ1) is 13.7. The van der Waals surface area contributed by atoms with Gasteiger partial charge in [-0.2, -0.15) is 0 Å². The van der Waals surface area contributed by atoms with Crippen LogP contribution in [-0.4, -0.2) is 52.1 Å². The maximum atomic E-state index is 13.3. The van der Waals surface area contributed by atoms with Gasteiger partial charge in [-0.3, -0.25) is 9.78 Å². The van der Waals surface area contributed by atoms with E-state index in [1.807, 2.05) is 53.0 Å². The third-order valence-corrected chi connectivity index (χ3v) is 5.07. The number of ether oxygens (including phenoxy) is 1. The van der Waals surface area contributed by atoms with Crippen LogP contribution in [0.25, 0.3) is 11.1 Å². The molecule has 0 spiro atoms. The first-order valence-corrected chi connectivity index (χ1v) is 9.26. The number of nitrogens with one attached hydrogen (secondary N) is 1. The second-order valence-electron chi connectivity index (χ2n) is 6.81. The largest absolute Gasteiger partial charge is 0.497 e. The zero-order valence-corrected chi connectivity index (χ0v) is 18.4.